The van der Waals surface area contributed by atoms with Gasteiger partial charge in [0.05, 0.1) is 27.6 Å². The lowest BCUT2D eigenvalue weighted by Gasteiger charge is -2.13. The van der Waals surface area contributed by atoms with Crippen molar-refractivity contribution < 1.29 is 23.9 Å². The fourth-order valence-corrected chi connectivity index (χ4v) is 4.14. The Balaban J connectivity index is 1.62. The smallest absolute Gasteiger partial charge is 0.363 e. The summed E-state index contributed by atoms with van der Waals surface area (Å²) in [5.74, 6) is -0.177. The van der Waals surface area contributed by atoms with Crippen LogP contribution in [0.1, 0.15) is 16.7 Å². The van der Waals surface area contributed by atoms with Gasteiger partial charge in [0, 0.05) is 16.6 Å². The summed E-state index contributed by atoms with van der Waals surface area (Å²) in [7, 11) is 1.47. The predicted molar refractivity (Wildman–Crippen MR) is 135 cm³/mol. The van der Waals surface area contributed by atoms with Crippen LogP contribution in [0.3, 0.4) is 0 Å². The van der Waals surface area contributed by atoms with Gasteiger partial charge in [-0.3, -0.25) is 10.1 Å². The maximum Gasteiger partial charge on any atom is 0.363 e. The molecule has 0 aliphatic carbocycles. The zero-order valence-electron chi connectivity index (χ0n) is 18.0. The number of methoxy groups -OCH3 is 1. The van der Waals surface area contributed by atoms with Crippen molar-refractivity contribution in [2.24, 2.45) is 4.99 Å². The molecule has 0 bridgehead atoms. The van der Waals surface area contributed by atoms with Gasteiger partial charge in [0.15, 0.2) is 17.2 Å². The van der Waals surface area contributed by atoms with Gasteiger partial charge >= 0.3 is 5.97 Å². The number of ether oxygens (including phenoxy) is 3. The third kappa shape index (κ3) is 5.64. The number of hydrogen-bond acceptors (Lipinski definition) is 7. The number of rotatable bonds is 7. The van der Waals surface area contributed by atoms with Crippen molar-refractivity contribution in [3.8, 4) is 11.5 Å². The summed E-state index contributed by atoms with van der Waals surface area (Å²) in [5, 5.41) is 11.5. The lowest BCUT2D eigenvalue weighted by molar-refractivity contribution is -0.384. The summed E-state index contributed by atoms with van der Waals surface area (Å²) >= 11 is 16.0. The van der Waals surface area contributed by atoms with E-state index < -0.39 is 10.9 Å². The van der Waals surface area contributed by atoms with Crippen molar-refractivity contribution in [2.45, 2.75) is 6.61 Å². The van der Waals surface area contributed by atoms with Gasteiger partial charge in [-0.05, 0) is 47.5 Å². The lowest BCUT2D eigenvalue weighted by atomic mass is 10.1. The molecule has 4 rings (SSSR count). The van der Waals surface area contributed by atoms with Gasteiger partial charge in [0.25, 0.3) is 5.69 Å². The van der Waals surface area contributed by atoms with Gasteiger partial charge in [0.2, 0.25) is 5.90 Å². The van der Waals surface area contributed by atoms with Crippen LogP contribution in [0.15, 0.2) is 69.8 Å². The molecule has 0 N–H and O–H groups in total. The average Bonchev–Trinajstić information content (AvgIpc) is 3.18. The highest BCUT2D eigenvalue weighted by atomic mass is 79.9. The number of hydrogen-bond donors (Lipinski definition) is 0. The van der Waals surface area contributed by atoms with Crippen LogP contribution in [0, 0.1) is 10.1 Å². The number of non-ortho nitro benzene ring substituents is 1. The number of carbonyl (C=O) groups is 1. The topological polar surface area (TPSA) is 100 Å². The minimum absolute atomic E-state index is 0.0384. The van der Waals surface area contributed by atoms with E-state index in [1.54, 1.807) is 12.1 Å². The molecule has 3 aromatic rings. The second-order valence-electron chi connectivity index (χ2n) is 7.21. The Morgan fingerprint density at radius 1 is 1.14 bits per heavy atom. The first-order chi connectivity index (χ1) is 16.7. The van der Waals surface area contributed by atoms with Crippen LogP contribution in [0.2, 0.25) is 10.0 Å². The molecule has 1 heterocycles. The summed E-state index contributed by atoms with van der Waals surface area (Å²) in [6.45, 7) is 0.264. The standard InChI is InChI=1S/C24H15BrCl2N2O6/c1-33-21-10-14(8-19(27)22(21)34-12-13-3-2-4-15(25)7-13)9-20-24(30)35-23(28-20)17-11-16(29(31)32)5-6-18(17)26/h2-11H,12H2,1H3/b20-9-. The number of aliphatic imine (C=N–C) groups is 1. The van der Waals surface area contributed by atoms with Crippen molar-refractivity contribution in [3.05, 3.63) is 102 Å². The molecule has 0 fully saturated rings. The normalized spacial score (nSPS) is 14.0. The van der Waals surface area contributed by atoms with E-state index in [4.69, 9.17) is 37.4 Å². The maximum atomic E-state index is 12.4. The molecule has 8 nitrogen and oxygen atoms in total. The number of carbonyl (C=O) groups excluding carboxylic acids is 1. The average molecular weight is 578 g/mol. The van der Waals surface area contributed by atoms with E-state index in [-0.39, 0.29) is 39.5 Å². The molecule has 0 spiro atoms. The van der Waals surface area contributed by atoms with Crippen LogP contribution in [0.25, 0.3) is 6.08 Å². The molecule has 0 saturated carbocycles. The van der Waals surface area contributed by atoms with E-state index in [1.165, 1.54) is 31.4 Å². The van der Waals surface area contributed by atoms with E-state index in [1.807, 2.05) is 24.3 Å². The van der Waals surface area contributed by atoms with E-state index in [0.29, 0.717) is 17.1 Å². The number of nitrogens with zero attached hydrogens (tertiary/aromatic N) is 2. The Morgan fingerprint density at radius 3 is 2.66 bits per heavy atom. The first kappa shape index (κ1) is 24.7. The molecule has 0 radical (unpaired) electrons. The quantitative estimate of drug-likeness (QED) is 0.136. The lowest BCUT2D eigenvalue weighted by Crippen LogP contribution is -2.06. The number of benzene rings is 3. The van der Waals surface area contributed by atoms with Gasteiger partial charge in [-0.2, -0.15) is 0 Å². The van der Waals surface area contributed by atoms with E-state index in [9.17, 15) is 14.9 Å². The fraction of sp³-hybridized carbons (Fsp3) is 0.0833. The molecule has 0 amide bonds. The third-order valence-electron chi connectivity index (χ3n) is 4.84. The second kappa shape index (κ2) is 10.5. The Bertz CT molecular complexity index is 1410. The summed E-state index contributed by atoms with van der Waals surface area (Å²) in [6, 6.07) is 14.6. The minimum Gasteiger partial charge on any atom is -0.493 e. The highest BCUT2D eigenvalue weighted by Gasteiger charge is 2.27. The summed E-state index contributed by atoms with van der Waals surface area (Å²) in [4.78, 5) is 27.1. The fourth-order valence-electron chi connectivity index (χ4n) is 3.22. The van der Waals surface area contributed by atoms with Crippen molar-refractivity contribution in [1.82, 2.24) is 0 Å². The van der Waals surface area contributed by atoms with Crippen LogP contribution in [-0.4, -0.2) is 23.9 Å². The van der Waals surface area contributed by atoms with Crippen molar-refractivity contribution in [3.63, 3.8) is 0 Å². The highest BCUT2D eigenvalue weighted by Crippen LogP contribution is 2.38. The third-order valence-corrected chi connectivity index (χ3v) is 5.94. The molecule has 178 valence electrons. The summed E-state index contributed by atoms with van der Waals surface area (Å²) < 4.78 is 17.4. The molecule has 1 aliphatic rings. The molecule has 0 unspecified atom stereocenters. The number of halogens is 3. The van der Waals surface area contributed by atoms with Crippen LogP contribution in [0.4, 0.5) is 5.69 Å². The Hall–Kier alpha value is -3.40. The monoisotopic (exact) mass is 576 g/mol. The minimum atomic E-state index is -0.743. The molecule has 0 atom stereocenters. The van der Waals surface area contributed by atoms with Crippen LogP contribution < -0.4 is 9.47 Å². The molecule has 35 heavy (non-hydrogen) atoms. The Kier molecular flexibility index (Phi) is 7.39. The van der Waals surface area contributed by atoms with E-state index >= 15 is 0 Å². The van der Waals surface area contributed by atoms with Gasteiger partial charge in [0.1, 0.15) is 6.61 Å². The van der Waals surface area contributed by atoms with Crippen LogP contribution in [0.5, 0.6) is 11.5 Å². The molecule has 0 aromatic heterocycles. The predicted octanol–water partition coefficient (Wildman–Crippen LogP) is 6.60. The van der Waals surface area contributed by atoms with Gasteiger partial charge < -0.3 is 14.2 Å². The summed E-state index contributed by atoms with van der Waals surface area (Å²) in [5.41, 5.74) is 1.31. The number of esters is 1. The highest BCUT2D eigenvalue weighted by molar-refractivity contribution is 9.10. The molecule has 11 heteroatoms. The zero-order valence-corrected chi connectivity index (χ0v) is 21.1. The number of nitro benzene ring substituents is 1. The van der Waals surface area contributed by atoms with Gasteiger partial charge in [-0.25, -0.2) is 9.79 Å². The van der Waals surface area contributed by atoms with Crippen molar-refractivity contribution in [1.29, 1.82) is 0 Å². The van der Waals surface area contributed by atoms with Gasteiger partial charge in [-0.15, -0.1) is 0 Å². The van der Waals surface area contributed by atoms with Gasteiger partial charge in [-0.1, -0.05) is 51.3 Å². The molecular formula is C24H15BrCl2N2O6. The second-order valence-corrected chi connectivity index (χ2v) is 8.94. The van der Waals surface area contributed by atoms with Crippen molar-refractivity contribution >= 4 is 62.8 Å². The zero-order chi connectivity index (χ0) is 25.1. The van der Waals surface area contributed by atoms with E-state index in [2.05, 4.69) is 20.9 Å². The van der Waals surface area contributed by atoms with Crippen molar-refractivity contribution in [2.75, 3.05) is 7.11 Å². The van der Waals surface area contributed by atoms with Crippen LogP contribution >= 0.6 is 39.1 Å². The first-order valence-corrected chi connectivity index (χ1v) is 11.5. The SMILES string of the molecule is COc1cc(/C=C2\N=C(c3cc([N+](=O)[O-])ccc3Cl)OC2=O)cc(Cl)c1OCc1cccc(Br)c1. The Morgan fingerprint density at radius 2 is 1.94 bits per heavy atom. The largest absolute Gasteiger partial charge is 0.493 e. The Labute approximate surface area is 218 Å². The summed E-state index contributed by atoms with van der Waals surface area (Å²) in [6.07, 6.45) is 1.45. The molecule has 0 saturated heterocycles. The molecule has 3 aromatic carbocycles. The number of nitro groups is 1. The number of cyclic esters (lactones) is 1. The first-order valence-electron chi connectivity index (χ1n) is 9.97. The van der Waals surface area contributed by atoms with E-state index in [0.717, 1.165) is 10.0 Å². The molecular weight excluding hydrogens is 563 g/mol. The molecule has 1 aliphatic heterocycles. The van der Waals surface area contributed by atoms with Crippen LogP contribution in [-0.2, 0) is 16.1 Å². The maximum absolute atomic E-state index is 12.4.